The van der Waals surface area contributed by atoms with E-state index in [1.807, 2.05) is 42.3 Å². The molecule has 1 rings (SSSR count). The average Bonchev–Trinajstić information content (AvgIpc) is 2.36. The summed E-state index contributed by atoms with van der Waals surface area (Å²) in [4.78, 5) is 13.7. The minimum Gasteiger partial charge on any atom is -0.353 e. The summed E-state index contributed by atoms with van der Waals surface area (Å²) in [5.74, 6) is 0.0116. The lowest BCUT2D eigenvalue weighted by Gasteiger charge is -2.21. The summed E-state index contributed by atoms with van der Waals surface area (Å²) < 4.78 is 0. The Labute approximate surface area is 109 Å². The van der Waals surface area contributed by atoms with Crippen LogP contribution in [0.25, 0.3) is 0 Å². The number of hydrogen-bond acceptors (Lipinski definition) is 3. The van der Waals surface area contributed by atoms with Gasteiger partial charge in [-0.05, 0) is 26.5 Å². The van der Waals surface area contributed by atoms with Gasteiger partial charge >= 0.3 is 0 Å². The van der Waals surface area contributed by atoms with Gasteiger partial charge in [0.25, 0.3) is 0 Å². The number of nitrogens with zero attached hydrogens (tertiary/aromatic N) is 1. The van der Waals surface area contributed by atoms with Crippen molar-refractivity contribution in [3.63, 3.8) is 0 Å². The molecular formula is C14H23N3O. The van der Waals surface area contributed by atoms with Crippen LogP contribution in [0.15, 0.2) is 30.3 Å². The van der Waals surface area contributed by atoms with E-state index in [2.05, 4.69) is 19.2 Å². The first kappa shape index (κ1) is 14.7. The zero-order chi connectivity index (χ0) is 13.5. The largest absolute Gasteiger partial charge is 0.353 e. The number of nitrogens with two attached hydrogens (primary N) is 1. The van der Waals surface area contributed by atoms with Gasteiger partial charge in [0, 0.05) is 18.6 Å². The molecule has 100 valence electrons. The molecule has 0 saturated carbocycles. The quantitative estimate of drug-likeness (QED) is 0.795. The van der Waals surface area contributed by atoms with Gasteiger partial charge in [-0.2, -0.15) is 0 Å². The fourth-order valence-corrected chi connectivity index (χ4v) is 1.51. The third-order valence-corrected chi connectivity index (χ3v) is 3.02. The minimum atomic E-state index is -0.153. The zero-order valence-corrected chi connectivity index (χ0v) is 11.4. The van der Waals surface area contributed by atoms with Gasteiger partial charge in [0.05, 0.1) is 6.54 Å². The molecule has 1 aromatic carbocycles. The van der Waals surface area contributed by atoms with Crippen LogP contribution in [0, 0.1) is 0 Å². The topological polar surface area (TPSA) is 58.4 Å². The fourth-order valence-electron chi connectivity index (χ4n) is 1.51. The standard InChI is InChI=1S/C14H23N3O/c1-11(2)17(3)10-14(18)16-9-13(15)12-7-5-4-6-8-12/h4-8,11,13H,9-10,15H2,1-3H3,(H,16,18). The van der Waals surface area contributed by atoms with Gasteiger partial charge in [0.2, 0.25) is 5.91 Å². The smallest absolute Gasteiger partial charge is 0.234 e. The maximum absolute atomic E-state index is 11.7. The number of carbonyl (C=O) groups is 1. The Morgan fingerprint density at radius 1 is 1.33 bits per heavy atom. The van der Waals surface area contributed by atoms with Gasteiger partial charge in [-0.15, -0.1) is 0 Å². The van der Waals surface area contributed by atoms with Gasteiger partial charge in [-0.1, -0.05) is 30.3 Å². The molecule has 4 heteroatoms. The van der Waals surface area contributed by atoms with E-state index in [4.69, 9.17) is 5.73 Å². The summed E-state index contributed by atoms with van der Waals surface area (Å²) in [6.07, 6.45) is 0. The van der Waals surface area contributed by atoms with Crippen molar-refractivity contribution in [3.05, 3.63) is 35.9 Å². The Morgan fingerprint density at radius 2 is 1.94 bits per heavy atom. The number of nitrogens with one attached hydrogen (secondary N) is 1. The highest BCUT2D eigenvalue weighted by molar-refractivity contribution is 5.78. The molecule has 0 radical (unpaired) electrons. The molecule has 0 heterocycles. The van der Waals surface area contributed by atoms with E-state index >= 15 is 0 Å². The molecule has 1 atom stereocenters. The van der Waals surface area contributed by atoms with E-state index in [0.29, 0.717) is 19.1 Å². The molecule has 0 aliphatic rings. The number of amides is 1. The van der Waals surface area contributed by atoms with Crippen molar-refractivity contribution >= 4 is 5.91 Å². The molecule has 0 aromatic heterocycles. The maximum Gasteiger partial charge on any atom is 0.234 e. The van der Waals surface area contributed by atoms with Gasteiger partial charge in [-0.25, -0.2) is 0 Å². The molecule has 0 fully saturated rings. The third-order valence-electron chi connectivity index (χ3n) is 3.02. The summed E-state index contributed by atoms with van der Waals surface area (Å²) in [6.45, 7) is 4.99. The highest BCUT2D eigenvalue weighted by Gasteiger charge is 2.11. The number of likely N-dealkylation sites (N-methyl/N-ethyl adjacent to an activating group) is 1. The summed E-state index contributed by atoms with van der Waals surface area (Å²) in [5.41, 5.74) is 7.04. The molecular weight excluding hydrogens is 226 g/mol. The van der Waals surface area contributed by atoms with Crippen LogP contribution in [0.4, 0.5) is 0 Å². The highest BCUT2D eigenvalue weighted by Crippen LogP contribution is 2.07. The molecule has 0 spiro atoms. The lowest BCUT2D eigenvalue weighted by Crippen LogP contribution is -2.40. The lowest BCUT2D eigenvalue weighted by molar-refractivity contribution is -0.122. The summed E-state index contributed by atoms with van der Waals surface area (Å²) in [7, 11) is 1.93. The van der Waals surface area contributed by atoms with Crippen molar-refractivity contribution in [1.82, 2.24) is 10.2 Å². The predicted molar refractivity (Wildman–Crippen MR) is 74.1 cm³/mol. The Hall–Kier alpha value is -1.39. The SMILES string of the molecule is CC(C)N(C)CC(=O)NCC(N)c1ccccc1. The van der Waals surface area contributed by atoms with Crippen LogP contribution < -0.4 is 11.1 Å². The summed E-state index contributed by atoms with van der Waals surface area (Å²) in [5, 5.41) is 2.86. The highest BCUT2D eigenvalue weighted by atomic mass is 16.2. The first-order valence-electron chi connectivity index (χ1n) is 6.28. The number of carbonyl (C=O) groups excluding carboxylic acids is 1. The molecule has 0 bridgehead atoms. The van der Waals surface area contributed by atoms with Crippen molar-refractivity contribution < 1.29 is 4.79 Å². The second kappa shape index (κ2) is 7.13. The maximum atomic E-state index is 11.7. The first-order valence-corrected chi connectivity index (χ1v) is 6.28. The molecule has 4 nitrogen and oxygen atoms in total. The monoisotopic (exact) mass is 249 g/mol. The van der Waals surface area contributed by atoms with E-state index < -0.39 is 0 Å². The normalized spacial score (nSPS) is 12.8. The molecule has 0 saturated heterocycles. The number of hydrogen-bond donors (Lipinski definition) is 2. The lowest BCUT2D eigenvalue weighted by atomic mass is 10.1. The number of rotatable bonds is 6. The van der Waals surface area contributed by atoms with Crippen molar-refractivity contribution in [2.75, 3.05) is 20.1 Å². The minimum absolute atomic E-state index is 0.0116. The van der Waals surface area contributed by atoms with E-state index in [-0.39, 0.29) is 11.9 Å². The summed E-state index contributed by atoms with van der Waals surface area (Å²) in [6, 6.07) is 9.99. The molecule has 3 N–H and O–H groups in total. The Bertz CT molecular complexity index is 365. The second-order valence-electron chi connectivity index (χ2n) is 4.83. The van der Waals surface area contributed by atoms with E-state index in [1.54, 1.807) is 0 Å². The van der Waals surface area contributed by atoms with Crippen molar-refractivity contribution in [3.8, 4) is 0 Å². The van der Waals surface area contributed by atoms with Crippen molar-refractivity contribution in [2.45, 2.75) is 25.9 Å². The van der Waals surface area contributed by atoms with Crippen LogP contribution >= 0.6 is 0 Å². The van der Waals surface area contributed by atoms with Crippen LogP contribution in [-0.2, 0) is 4.79 Å². The van der Waals surface area contributed by atoms with E-state index in [1.165, 1.54) is 0 Å². The first-order chi connectivity index (χ1) is 8.50. The van der Waals surface area contributed by atoms with E-state index in [0.717, 1.165) is 5.56 Å². The molecule has 1 amide bonds. The van der Waals surface area contributed by atoms with Crippen LogP contribution in [0.3, 0.4) is 0 Å². The molecule has 0 aliphatic heterocycles. The summed E-state index contributed by atoms with van der Waals surface area (Å²) >= 11 is 0. The zero-order valence-electron chi connectivity index (χ0n) is 11.4. The van der Waals surface area contributed by atoms with Gasteiger partial charge in [0.1, 0.15) is 0 Å². The third kappa shape index (κ3) is 4.85. The van der Waals surface area contributed by atoms with Crippen molar-refractivity contribution in [2.24, 2.45) is 5.73 Å². The molecule has 18 heavy (non-hydrogen) atoms. The number of benzene rings is 1. The van der Waals surface area contributed by atoms with E-state index in [9.17, 15) is 4.79 Å². The van der Waals surface area contributed by atoms with Crippen LogP contribution in [0.5, 0.6) is 0 Å². The average molecular weight is 249 g/mol. The van der Waals surface area contributed by atoms with Gasteiger partial charge in [-0.3, -0.25) is 9.69 Å². The van der Waals surface area contributed by atoms with Gasteiger partial charge in [0.15, 0.2) is 0 Å². The molecule has 1 unspecified atom stereocenters. The Morgan fingerprint density at radius 3 is 2.50 bits per heavy atom. The van der Waals surface area contributed by atoms with Crippen LogP contribution in [-0.4, -0.2) is 37.0 Å². The second-order valence-corrected chi connectivity index (χ2v) is 4.83. The Kier molecular flexibility index (Phi) is 5.82. The molecule has 0 aliphatic carbocycles. The van der Waals surface area contributed by atoms with Crippen molar-refractivity contribution in [1.29, 1.82) is 0 Å². The van der Waals surface area contributed by atoms with Crippen LogP contribution in [0.2, 0.25) is 0 Å². The molecule has 1 aromatic rings. The Balaban J connectivity index is 2.35. The fraction of sp³-hybridized carbons (Fsp3) is 0.500. The van der Waals surface area contributed by atoms with Crippen LogP contribution in [0.1, 0.15) is 25.5 Å². The van der Waals surface area contributed by atoms with Gasteiger partial charge < -0.3 is 11.1 Å². The predicted octanol–water partition coefficient (Wildman–Crippen LogP) is 1.14.